The van der Waals surface area contributed by atoms with Gasteiger partial charge in [0.2, 0.25) is 0 Å². The third kappa shape index (κ3) is 3.44. The largest absolute Gasteiger partial charge is 0.491 e. The Morgan fingerprint density at radius 1 is 1.23 bits per heavy atom. The van der Waals surface area contributed by atoms with E-state index in [1.165, 1.54) is 12.8 Å². The molecule has 1 aliphatic carbocycles. The average molecular weight is 371 g/mol. The van der Waals surface area contributed by atoms with E-state index < -0.39 is 6.10 Å². The van der Waals surface area contributed by atoms with Crippen LogP contribution >= 0.6 is 11.6 Å². The van der Waals surface area contributed by atoms with Crippen LogP contribution in [0.5, 0.6) is 5.75 Å². The molecule has 136 valence electrons. The van der Waals surface area contributed by atoms with Crippen LogP contribution in [0, 0.1) is 13.8 Å². The number of hydrogen-bond donors (Lipinski definition) is 1. The van der Waals surface area contributed by atoms with Gasteiger partial charge in [-0.3, -0.25) is 0 Å². The molecule has 2 aromatic carbocycles. The second-order valence-corrected chi connectivity index (χ2v) is 7.56. The van der Waals surface area contributed by atoms with Crippen molar-refractivity contribution in [2.24, 2.45) is 0 Å². The normalized spacial score (nSPS) is 15.4. The fraction of sp³-hybridized carbons (Fsp3) is 0.381. The van der Waals surface area contributed by atoms with Gasteiger partial charge in [0.25, 0.3) is 0 Å². The number of aryl methyl sites for hydroxylation is 2. The van der Waals surface area contributed by atoms with Crippen molar-refractivity contribution in [2.75, 3.05) is 6.61 Å². The number of halogens is 1. The summed E-state index contributed by atoms with van der Waals surface area (Å²) >= 11 is 6.20. The number of fused-ring (bicyclic) bond motifs is 1. The molecule has 1 heterocycles. The molecule has 0 spiro atoms. The van der Waals surface area contributed by atoms with Gasteiger partial charge in [0.05, 0.1) is 17.6 Å². The third-order valence-electron chi connectivity index (χ3n) is 4.87. The molecule has 0 bridgehead atoms. The van der Waals surface area contributed by atoms with Crippen molar-refractivity contribution < 1.29 is 9.84 Å². The van der Waals surface area contributed by atoms with Crippen LogP contribution in [0.2, 0.25) is 5.02 Å². The molecule has 1 aliphatic rings. The quantitative estimate of drug-likeness (QED) is 0.688. The smallest absolute Gasteiger partial charge is 0.120 e. The minimum Gasteiger partial charge on any atom is -0.491 e. The Morgan fingerprint density at radius 3 is 2.62 bits per heavy atom. The van der Waals surface area contributed by atoms with Crippen molar-refractivity contribution in [1.29, 1.82) is 0 Å². The van der Waals surface area contributed by atoms with Crippen LogP contribution in [0.1, 0.15) is 35.7 Å². The van der Waals surface area contributed by atoms with Gasteiger partial charge in [-0.25, -0.2) is 4.98 Å². The van der Waals surface area contributed by atoms with Gasteiger partial charge in [-0.2, -0.15) is 0 Å². The first kappa shape index (κ1) is 17.4. The lowest BCUT2D eigenvalue weighted by Crippen LogP contribution is -2.24. The molecule has 0 amide bonds. The number of benzene rings is 2. The van der Waals surface area contributed by atoms with Crippen LogP contribution in [0.25, 0.3) is 11.0 Å². The minimum absolute atomic E-state index is 0.233. The van der Waals surface area contributed by atoms with E-state index in [9.17, 15) is 5.11 Å². The van der Waals surface area contributed by atoms with E-state index >= 15 is 0 Å². The second-order valence-electron chi connectivity index (χ2n) is 7.18. The summed E-state index contributed by atoms with van der Waals surface area (Å²) in [7, 11) is 0. The molecular weight excluding hydrogens is 348 g/mol. The molecular formula is C21H23ClN2O2. The molecule has 3 aromatic rings. The number of ether oxygens (including phenoxy) is 1. The molecule has 26 heavy (non-hydrogen) atoms. The SMILES string of the molecule is Cc1cc(OC[C@H](O)Cn2c(C3CC3)nc3ccccc32)cc(C)c1Cl. The topological polar surface area (TPSA) is 47.3 Å². The molecule has 4 rings (SSSR count). The minimum atomic E-state index is -0.610. The van der Waals surface area contributed by atoms with Crippen LogP contribution in [0.15, 0.2) is 36.4 Å². The van der Waals surface area contributed by atoms with Gasteiger partial charge in [0.1, 0.15) is 24.3 Å². The first-order chi connectivity index (χ1) is 12.5. The number of aromatic nitrogens is 2. The fourth-order valence-corrected chi connectivity index (χ4v) is 3.49. The number of para-hydroxylation sites is 2. The number of aliphatic hydroxyl groups excluding tert-OH is 1. The standard InChI is InChI=1S/C21H23ClN2O2/c1-13-9-17(10-14(2)20(13)22)26-12-16(25)11-24-19-6-4-3-5-18(19)23-21(24)15-7-8-15/h3-6,9-10,15-16,25H,7-8,11-12H2,1-2H3/t16-/m1/s1. The number of rotatable bonds is 6. The Labute approximate surface area is 158 Å². The fourth-order valence-electron chi connectivity index (χ4n) is 3.38. The Bertz CT molecular complexity index is 923. The number of hydrogen-bond acceptors (Lipinski definition) is 3. The lowest BCUT2D eigenvalue weighted by Gasteiger charge is -2.16. The zero-order valence-corrected chi connectivity index (χ0v) is 15.8. The van der Waals surface area contributed by atoms with E-state index in [1.54, 1.807) is 0 Å². The zero-order valence-electron chi connectivity index (χ0n) is 15.1. The molecule has 0 aliphatic heterocycles. The summed E-state index contributed by atoms with van der Waals surface area (Å²) in [6.45, 7) is 4.63. The number of nitrogens with zero attached hydrogens (tertiary/aromatic N) is 2. The predicted molar refractivity (Wildman–Crippen MR) is 104 cm³/mol. The second kappa shape index (κ2) is 6.93. The average Bonchev–Trinajstić information content (AvgIpc) is 3.41. The molecule has 0 saturated heterocycles. The summed E-state index contributed by atoms with van der Waals surface area (Å²) < 4.78 is 7.97. The van der Waals surface area contributed by atoms with E-state index in [-0.39, 0.29) is 6.61 Å². The van der Waals surface area contributed by atoms with Crippen LogP contribution in [-0.4, -0.2) is 27.4 Å². The predicted octanol–water partition coefficient (Wildman–Crippen LogP) is 4.62. The highest BCUT2D eigenvalue weighted by atomic mass is 35.5. The van der Waals surface area contributed by atoms with Crippen molar-refractivity contribution in [3.63, 3.8) is 0 Å². The van der Waals surface area contributed by atoms with E-state index in [1.807, 2.05) is 44.2 Å². The summed E-state index contributed by atoms with van der Waals surface area (Å²) in [5, 5.41) is 11.3. The number of aliphatic hydroxyl groups is 1. The van der Waals surface area contributed by atoms with Gasteiger partial charge in [-0.1, -0.05) is 23.7 Å². The maximum Gasteiger partial charge on any atom is 0.120 e. The van der Waals surface area contributed by atoms with Crippen molar-refractivity contribution >= 4 is 22.6 Å². The monoisotopic (exact) mass is 370 g/mol. The molecule has 0 unspecified atom stereocenters. The van der Waals surface area contributed by atoms with Crippen molar-refractivity contribution in [3.05, 3.63) is 58.4 Å². The van der Waals surface area contributed by atoms with Crippen LogP contribution in [-0.2, 0) is 6.54 Å². The first-order valence-electron chi connectivity index (χ1n) is 9.05. The van der Waals surface area contributed by atoms with Crippen LogP contribution in [0.3, 0.4) is 0 Å². The molecule has 0 radical (unpaired) electrons. The van der Waals surface area contributed by atoms with E-state index in [0.29, 0.717) is 12.5 Å². The molecule has 1 fully saturated rings. The Hall–Kier alpha value is -2.04. The van der Waals surface area contributed by atoms with E-state index in [0.717, 1.165) is 38.8 Å². The highest BCUT2D eigenvalue weighted by Gasteiger charge is 2.30. The Morgan fingerprint density at radius 2 is 1.92 bits per heavy atom. The van der Waals surface area contributed by atoms with Crippen molar-refractivity contribution in [1.82, 2.24) is 9.55 Å². The summed E-state index contributed by atoms with van der Waals surface area (Å²) in [6, 6.07) is 11.9. The lowest BCUT2D eigenvalue weighted by molar-refractivity contribution is 0.0926. The number of imidazole rings is 1. The van der Waals surface area contributed by atoms with Crippen LogP contribution < -0.4 is 4.74 Å². The van der Waals surface area contributed by atoms with Crippen molar-refractivity contribution in [2.45, 2.75) is 45.3 Å². The Kier molecular flexibility index (Phi) is 4.63. The van der Waals surface area contributed by atoms with Gasteiger partial charge in [-0.05, 0) is 62.1 Å². The van der Waals surface area contributed by atoms with Gasteiger partial charge >= 0.3 is 0 Å². The van der Waals surface area contributed by atoms with E-state index in [2.05, 4.69) is 10.6 Å². The zero-order chi connectivity index (χ0) is 18.3. The van der Waals surface area contributed by atoms with Gasteiger partial charge in [0, 0.05) is 10.9 Å². The van der Waals surface area contributed by atoms with Gasteiger partial charge in [0.15, 0.2) is 0 Å². The van der Waals surface area contributed by atoms with Crippen LogP contribution in [0.4, 0.5) is 0 Å². The highest BCUT2D eigenvalue weighted by Crippen LogP contribution is 2.40. The lowest BCUT2D eigenvalue weighted by atomic mass is 10.1. The Balaban J connectivity index is 1.49. The first-order valence-corrected chi connectivity index (χ1v) is 9.43. The summed E-state index contributed by atoms with van der Waals surface area (Å²) in [6.07, 6.45) is 1.75. The highest BCUT2D eigenvalue weighted by molar-refractivity contribution is 6.32. The van der Waals surface area contributed by atoms with Crippen molar-refractivity contribution in [3.8, 4) is 5.75 Å². The molecule has 1 N–H and O–H groups in total. The maximum atomic E-state index is 10.6. The molecule has 1 saturated carbocycles. The third-order valence-corrected chi connectivity index (χ3v) is 5.47. The molecule has 4 nitrogen and oxygen atoms in total. The van der Waals surface area contributed by atoms with Gasteiger partial charge < -0.3 is 14.4 Å². The molecule has 1 aromatic heterocycles. The summed E-state index contributed by atoms with van der Waals surface area (Å²) in [5.74, 6) is 2.35. The van der Waals surface area contributed by atoms with Gasteiger partial charge in [-0.15, -0.1) is 0 Å². The molecule has 5 heteroatoms. The maximum absolute atomic E-state index is 10.6. The summed E-state index contributed by atoms with van der Waals surface area (Å²) in [5.41, 5.74) is 4.03. The summed E-state index contributed by atoms with van der Waals surface area (Å²) in [4.78, 5) is 4.78. The molecule has 1 atom stereocenters. The van der Waals surface area contributed by atoms with E-state index in [4.69, 9.17) is 21.3 Å².